The first kappa shape index (κ1) is 22.5. The molecule has 2 aromatic carbocycles. The highest BCUT2D eigenvalue weighted by atomic mass is 16.6. The van der Waals surface area contributed by atoms with Crippen molar-refractivity contribution < 1.29 is 23.8 Å². The number of esters is 1. The number of amides is 1. The van der Waals surface area contributed by atoms with Gasteiger partial charge in [0.25, 0.3) is 5.91 Å². The van der Waals surface area contributed by atoms with Gasteiger partial charge in [-0.2, -0.15) is 0 Å². The van der Waals surface area contributed by atoms with Crippen LogP contribution in [0, 0.1) is 0 Å². The van der Waals surface area contributed by atoms with E-state index in [0.717, 1.165) is 18.8 Å². The average molecular weight is 427 g/mol. The smallest absolute Gasteiger partial charge is 0.344 e. The number of nitrogens with zero attached hydrogens (tertiary/aromatic N) is 1. The lowest BCUT2D eigenvalue weighted by molar-refractivity contribution is -0.149. The Kier molecular flexibility index (Phi) is 8.58. The van der Waals surface area contributed by atoms with E-state index in [2.05, 4.69) is 10.2 Å². The number of hydrogen-bond acceptors (Lipinski definition) is 6. The molecule has 1 aliphatic rings. The van der Waals surface area contributed by atoms with Gasteiger partial charge in [0, 0.05) is 24.5 Å². The van der Waals surface area contributed by atoms with E-state index in [4.69, 9.17) is 14.2 Å². The lowest BCUT2D eigenvalue weighted by Crippen LogP contribution is -2.24. The zero-order valence-electron chi connectivity index (χ0n) is 18.0. The summed E-state index contributed by atoms with van der Waals surface area (Å²) >= 11 is 0. The molecule has 1 heterocycles. The molecule has 31 heavy (non-hydrogen) atoms. The average Bonchev–Trinajstić information content (AvgIpc) is 3.07. The first-order valence-corrected chi connectivity index (χ1v) is 10.8. The SMILES string of the molecule is CCOc1ccccc1OCC(=O)OCC(=O)Nc1ccc(N2CCCCCC2)cc1. The molecule has 1 aliphatic heterocycles. The molecule has 0 radical (unpaired) electrons. The van der Waals surface area contributed by atoms with Crippen molar-refractivity contribution in [2.24, 2.45) is 0 Å². The highest BCUT2D eigenvalue weighted by Gasteiger charge is 2.12. The summed E-state index contributed by atoms with van der Waals surface area (Å²) in [6.07, 6.45) is 5.00. The monoisotopic (exact) mass is 426 g/mol. The van der Waals surface area contributed by atoms with Gasteiger partial charge in [0.05, 0.1) is 6.61 Å². The van der Waals surface area contributed by atoms with Crippen LogP contribution in [0.1, 0.15) is 32.6 Å². The normalized spacial score (nSPS) is 13.8. The summed E-state index contributed by atoms with van der Waals surface area (Å²) in [7, 11) is 0. The number of benzene rings is 2. The van der Waals surface area contributed by atoms with Crippen molar-refractivity contribution >= 4 is 23.3 Å². The second-order valence-electron chi connectivity index (χ2n) is 7.33. The minimum absolute atomic E-state index is 0.304. The first-order chi connectivity index (χ1) is 15.2. The zero-order chi connectivity index (χ0) is 21.9. The molecule has 0 bridgehead atoms. The molecule has 166 valence electrons. The van der Waals surface area contributed by atoms with Gasteiger partial charge in [-0.1, -0.05) is 25.0 Å². The lowest BCUT2D eigenvalue weighted by atomic mass is 10.2. The van der Waals surface area contributed by atoms with Gasteiger partial charge < -0.3 is 24.4 Å². The third-order valence-electron chi connectivity index (χ3n) is 4.98. The topological polar surface area (TPSA) is 77.1 Å². The fraction of sp³-hybridized carbons (Fsp3) is 0.417. The largest absolute Gasteiger partial charge is 0.490 e. The van der Waals surface area contributed by atoms with Gasteiger partial charge in [-0.3, -0.25) is 4.79 Å². The van der Waals surface area contributed by atoms with E-state index in [1.807, 2.05) is 37.3 Å². The van der Waals surface area contributed by atoms with E-state index in [1.54, 1.807) is 18.2 Å². The number of para-hydroxylation sites is 2. The lowest BCUT2D eigenvalue weighted by Gasteiger charge is -2.22. The number of rotatable bonds is 9. The summed E-state index contributed by atoms with van der Waals surface area (Å²) in [5.74, 6) is -0.0158. The Bertz CT molecular complexity index is 845. The van der Waals surface area contributed by atoms with Gasteiger partial charge in [-0.15, -0.1) is 0 Å². The number of anilines is 2. The van der Waals surface area contributed by atoms with E-state index >= 15 is 0 Å². The molecule has 1 saturated heterocycles. The second-order valence-corrected chi connectivity index (χ2v) is 7.33. The molecular formula is C24H30N2O5. The van der Waals surface area contributed by atoms with Crippen molar-refractivity contribution in [3.63, 3.8) is 0 Å². The van der Waals surface area contributed by atoms with Crippen molar-refractivity contribution in [2.75, 3.05) is 43.1 Å². The molecule has 1 N–H and O–H groups in total. The Morgan fingerprint density at radius 1 is 0.871 bits per heavy atom. The number of nitrogens with one attached hydrogen (secondary N) is 1. The Balaban J connectivity index is 1.41. The molecule has 0 aliphatic carbocycles. The van der Waals surface area contributed by atoms with Crippen LogP contribution in [0.5, 0.6) is 11.5 Å². The van der Waals surface area contributed by atoms with Gasteiger partial charge in [0.2, 0.25) is 0 Å². The van der Waals surface area contributed by atoms with Gasteiger partial charge >= 0.3 is 5.97 Å². The Labute approximate surface area is 183 Å². The molecule has 0 unspecified atom stereocenters. The highest BCUT2D eigenvalue weighted by Crippen LogP contribution is 2.26. The van der Waals surface area contributed by atoms with E-state index in [-0.39, 0.29) is 13.2 Å². The minimum atomic E-state index is -0.627. The van der Waals surface area contributed by atoms with Gasteiger partial charge in [0.15, 0.2) is 24.7 Å². The number of ether oxygens (including phenoxy) is 3. The molecule has 0 saturated carbocycles. The van der Waals surface area contributed by atoms with Crippen LogP contribution in [-0.4, -0.2) is 44.8 Å². The van der Waals surface area contributed by atoms with Crippen LogP contribution in [-0.2, 0) is 14.3 Å². The van der Waals surface area contributed by atoms with Crippen molar-refractivity contribution in [2.45, 2.75) is 32.6 Å². The van der Waals surface area contributed by atoms with Crippen LogP contribution >= 0.6 is 0 Å². The van der Waals surface area contributed by atoms with Crippen LogP contribution < -0.4 is 19.7 Å². The molecule has 1 fully saturated rings. The quantitative estimate of drug-likeness (QED) is 0.610. The summed E-state index contributed by atoms with van der Waals surface area (Å²) in [5.41, 5.74) is 1.83. The zero-order valence-corrected chi connectivity index (χ0v) is 18.0. The molecule has 3 rings (SSSR count). The fourth-order valence-corrected chi connectivity index (χ4v) is 3.45. The summed E-state index contributed by atoms with van der Waals surface area (Å²) in [4.78, 5) is 26.4. The fourth-order valence-electron chi connectivity index (χ4n) is 3.45. The molecule has 2 aromatic rings. The van der Waals surface area contributed by atoms with Crippen molar-refractivity contribution in [3.8, 4) is 11.5 Å². The standard InChI is InChI=1S/C24H30N2O5/c1-2-29-21-9-5-6-10-22(21)30-18-24(28)31-17-23(27)25-19-11-13-20(14-12-19)26-15-7-3-4-8-16-26/h5-6,9-14H,2-4,7-8,15-18H2,1H3,(H,25,27). The number of hydrogen-bond donors (Lipinski definition) is 1. The maximum absolute atomic E-state index is 12.1. The van der Waals surface area contributed by atoms with Crippen LogP contribution in [0.2, 0.25) is 0 Å². The van der Waals surface area contributed by atoms with Crippen LogP contribution in [0.3, 0.4) is 0 Å². The van der Waals surface area contributed by atoms with Crippen LogP contribution in [0.4, 0.5) is 11.4 Å². The first-order valence-electron chi connectivity index (χ1n) is 10.8. The van der Waals surface area contributed by atoms with Crippen molar-refractivity contribution in [1.82, 2.24) is 0 Å². The van der Waals surface area contributed by atoms with Crippen LogP contribution in [0.15, 0.2) is 48.5 Å². The van der Waals surface area contributed by atoms with Crippen molar-refractivity contribution in [1.29, 1.82) is 0 Å². The Morgan fingerprint density at radius 2 is 1.52 bits per heavy atom. The van der Waals surface area contributed by atoms with Gasteiger partial charge in [-0.25, -0.2) is 4.79 Å². The van der Waals surface area contributed by atoms with Gasteiger partial charge in [-0.05, 0) is 56.2 Å². The molecule has 0 aromatic heterocycles. The van der Waals surface area contributed by atoms with E-state index < -0.39 is 11.9 Å². The third-order valence-corrected chi connectivity index (χ3v) is 4.98. The Hall–Kier alpha value is -3.22. The summed E-state index contributed by atoms with van der Waals surface area (Å²) < 4.78 is 15.9. The van der Waals surface area contributed by atoms with Crippen LogP contribution in [0.25, 0.3) is 0 Å². The molecule has 0 spiro atoms. The molecular weight excluding hydrogens is 396 g/mol. The molecule has 0 atom stereocenters. The number of carbonyl (C=O) groups excluding carboxylic acids is 2. The van der Waals surface area contributed by atoms with Crippen molar-refractivity contribution in [3.05, 3.63) is 48.5 Å². The number of carbonyl (C=O) groups is 2. The predicted molar refractivity (Wildman–Crippen MR) is 120 cm³/mol. The Morgan fingerprint density at radius 3 is 2.16 bits per heavy atom. The second kappa shape index (κ2) is 11.8. The maximum Gasteiger partial charge on any atom is 0.344 e. The van der Waals surface area contributed by atoms with E-state index in [9.17, 15) is 9.59 Å². The van der Waals surface area contributed by atoms with E-state index in [0.29, 0.717) is 23.8 Å². The molecule has 1 amide bonds. The highest BCUT2D eigenvalue weighted by molar-refractivity contribution is 5.93. The van der Waals surface area contributed by atoms with E-state index in [1.165, 1.54) is 25.7 Å². The molecule has 7 nitrogen and oxygen atoms in total. The third kappa shape index (κ3) is 7.20. The minimum Gasteiger partial charge on any atom is -0.490 e. The summed E-state index contributed by atoms with van der Waals surface area (Å²) in [6, 6.07) is 14.8. The molecule has 7 heteroatoms. The summed E-state index contributed by atoms with van der Waals surface area (Å²) in [6.45, 7) is 3.82. The van der Waals surface area contributed by atoms with Gasteiger partial charge in [0.1, 0.15) is 0 Å². The maximum atomic E-state index is 12.1. The predicted octanol–water partition coefficient (Wildman–Crippen LogP) is 4.03. The summed E-state index contributed by atoms with van der Waals surface area (Å²) in [5, 5.41) is 2.74.